The maximum Gasteiger partial charge on any atom is 0.238 e. The second-order valence-electron chi connectivity index (χ2n) is 7.92. The third kappa shape index (κ3) is 4.74. The van der Waals surface area contributed by atoms with Gasteiger partial charge in [-0.05, 0) is 60.5 Å². The summed E-state index contributed by atoms with van der Waals surface area (Å²) in [5.74, 6) is 0.290. The SMILES string of the molecule is Cc1cc(N2C[C@@H](c3ccc(Cl)c(Oc4c(Cl)cccc4C#N)c3)CC2=O)ccc1S(N)(=O)=O. The molecule has 3 aromatic rings. The van der Waals surface area contributed by atoms with Crippen LogP contribution in [0.15, 0.2) is 59.5 Å². The molecule has 1 aliphatic heterocycles. The highest BCUT2D eigenvalue weighted by molar-refractivity contribution is 7.89. The van der Waals surface area contributed by atoms with E-state index in [4.69, 9.17) is 33.1 Å². The molecule has 0 aliphatic carbocycles. The van der Waals surface area contributed by atoms with Crippen molar-refractivity contribution in [3.63, 3.8) is 0 Å². The van der Waals surface area contributed by atoms with Crippen LogP contribution in [-0.4, -0.2) is 20.9 Å². The normalized spacial score (nSPS) is 15.9. The average molecular weight is 516 g/mol. The van der Waals surface area contributed by atoms with Gasteiger partial charge >= 0.3 is 0 Å². The first-order valence-corrected chi connectivity index (χ1v) is 12.5. The van der Waals surface area contributed by atoms with Crippen molar-refractivity contribution in [2.24, 2.45) is 5.14 Å². The number of nitriles is 1. The number of nitrogens with zero attached hydrogens (tertiary/aromatic N) is 2. The Balaban J connectivity index is 1.61. The summed E-state index contributed by atoms with van der Waals surface area (Å²) in [6.07, 6.45) is 0.257. The largest absolute Gasteiger partial charge is 0.453 e. The summed E-state index contributed by atoms with van der Waals surface area (Å²) >= 11 is 12.6. The van der Waals surface area contributed by atoms with Gasteiger partial charge in [0.2, 0.25) is 15.9 Å². The summed E-state index contributed by atoms with van der Waals surface area (Å²) in [5.41, 5.74) is 2.16. The number of hydrogen-bond acceptors (Lipinski definition) is 5. The van der Waals surface area contributed by atoms with Gasteiger partial charge in [0.05, 0.1) is 20.5 Å². The van der Waals surface area contributed by atoms with Gasteiger partial charge in [0.1, 0.15) is 11.8 Å². The monoisotopic (exact) mass is 515 g/mol. The molecule has 4 rings (SSSR count). The van der Waals surface area contributed by atoms with Gasteiger partial charge in [-0.15, -0.1) is 0 Å². The van der Waals surface area contributed by atoms with Gasteiger partial charge in [-0.25, -0.2) is 13.6 Å². The minimum absolute atomic E-state index is 0.0234. The predicted octanol–water partition coefficient (Wildman–Crippen LogP) is 5.13. The Morgan fingerprint density at radius 1 is 1.12 bits per heavy atom. The molecule has 0 radical (unpaired) electrons. The summed E-state index contributed by atoms with van der Waals surface area (Å²) < 4.78 is 29.3. The van der Waals surface area contributed by atoms with E-state index in [9.17, 15) is 18.5 Å². The molecule has 2 N–H and O–H groups in total. The summed E-state index contributed by atoms with van der Waals surface area (Å²) in [7, 11) is -3.84. The molecule has 0 spiro atoms. The minimum Gasteiger partial charge on any atom is -0.453 e. The van der Waals surface area contributed by atoms with E-state index < -0.39 is 10.0 Å². The summed E-state index contributed by atoms with van der Waals surface area (Å²) in [6, 6.07) is 16.8. The molecule has 0 aromatic heterocycles. The molecule has 7 nitrogen and oxygen atoms in total. The third-order valence-corrected chi connectivity index (χ3v) is 7.31. The average Bonchev–Trinajstić information content (AvgIpc) is 3.17. The molecule has 10 heteroatoms. The van der Waals surface area contributed by atoms with Crippen LogP contribution in [0.3, 0.4) is 0 Å². The molecular weight excluding hydrogens is 497 g/mol. The lowest BCUT2D eigenvalue weighted by Crippen LogP contribution is -2.24. The van der Waals surface area contributed by atoms with Crippen molar-refractivity contribution in [3.8, 4) is 17.6 Å². The first kappa shape index (κ1) is 24.0. The Labute approximate surface area is 207 Å². The Bertz CT molecular complexity index is 1450. The molecule has 1 heterocycles. The second kappa shape index (κ2) is 9.28. The summed E-state index contributed by atoms with van der Waals surface area (Å²) in [5, 5.41) is 15.2. The lowest BCUT2D eigenvalue weighted by atomic mass is 9.98. The van der Waals surface area contributed by atoms with Crippen molar-refractivity contribution < 1.29 is 17.9 Å². The zero-order valence-electron chi connectivity index (χ0n) is 18.0. The van der Waals surface area contributed by atoms with E-state index >= 15 is 0 Å². The molecule has 0 unspecified atom stereocenters. The highest BCUT2D eigenvalue weighted by atomic mass is 35.5. The number of anilines is 1. The maximum atomic E-state index is 12.8. The van der Waals surface area contributed by atoms with E-state index in [1.807, 2.05) is 12.1 Å². The molecule has 1 atom stereocenters. The van der Waals surface area contributed by atoms with Crippen molar-refractivity contribution in [2.45, 2.75) is 24.2 Å². The fourth-order valence-corrected chi connectivity index (χ4v) is 5.10. The van der Waals surface area contributed by atoms with Gasteiger partial charge in [-0.3, -0.25) is 4.79 Å². The van der Waals surface area contributed by atoms with Gasteiger partial charge in [0.15, 0.2) is 5.75 Å². The fraction of sp³-hybridized carbons (Fsp3) is 0.167. The number of aryl methyl sites for hydroxylation is 1. The lowest BCUT2D eigenvalue weighted by Gasteiger charge is -2.19. The van der Waals surface area contributed by atoms with Crippen molar-refractivity contribution >= 4 is 44.8 Å². The number of para-hydroxylation sites is 1. The summed E-state index contributed by atoms with van der Waals surface area (Å²) in [6.45, 7) is 2.03. The number of sulfonamides is 1. The molecule has 1 aliphatic rings. The predicted molar refractivity (Wildman–Crippen MR) is 130 cm³/mol. The van der Waals surface area contributed by atoms with Crippen LogP contribution in [0.4, 0.5) is 5.69 Å². The molecule has 34 heavy (non-hydrogen) atoms. The zero-order chi connectivity index (χ0) is 24.6. The van der Waals surface area contributed by atoms with Gasteiger partial charge in [-0.2, -0.15) is 5.26 Å². The molecule has 174 valence electrons. The van der Waals surface area contributed by atoms with Gasteiger partial charge in [0, 0.05) is 24.6 Å². The number of amides is 1. The van der Waals surface area contributed by atoms with Crippen LogP contribution in [0, 0.1) is 18.3 Å². The van der Waals surface area contributed by atoms with Gasteiger partial charge in [-0.1, -0.05) is 35.3 Å². The number of halogens is 2. The number of nitrogens with two attached hydrogens (primary N) is 1. The topological polar surface area (TPSA) is 113 Å². The van der Waals surface area contributed by atoms with Crippen LogP contribution >= 0.6 is 23.2 Å². The van der Waals surface area contributed by atoms with E-state index in [1.165, 1.54) is 6.07 Å². The molecular formula is C24H19Cl2N3O4S. The lowest BCUT2D eigenvalue weighted by molar-refractivity contribution is -0.117. The van der Waals surface area contributed by atoms with Crippen LogP contribution in [0.5, 0.6) is 11.5 Å². The number of primary sulfonamides is 1. The van der Waals surface area contributed by atoms with Gasteiger partial charge in [0.25, 0.3) is 0 Å². The summed E-state index contributed by atoms with van der Waals surface area (Å²) in [4.78, 5) is 14.4. The number of carbonyl (C=O) groups is 1. The van der Waals surface area contributed by atoms with Crippen molar-refractivity contribution in [1.82, 2.24) is 0 Å². The molecule has 1 fully saturated rings. The number of rotatable bonds is 5. The molecule has 0 bridgehead atoms. The van der Waals surface area contributed by atoms with Crippen LogP contribution in [0.25, 0.3) is 0 Å². The maximum absolute atomic E-state index is 12.8. The van der Waals surface area contributed by atoms with E-state index in [0.29, 0.717) is 28.6 Å². The first-order chi connectivity index (χ1) is 16.1. The third-order valence-electron chi connectivity index (χ3n) is 5.63. The van der Waals surface area contributed by atoms with E-state index in [-0.39, 0.29) is 39.5 Å². The standard InChI is InChI=1S/C24H19Cl2N3O4S/c1-14-9-18(6-8-22(14)34(28,31)32)29-13-17(11-23(29)30)15-5-7-19(25)21(10-15)33-24-16(12-27)3-2-4-20(24)26/h2-10,17H,11,13H2,1H3,(H2,28,31,32)/t17-/m0/s1. The Kier molecular flexibility index (Phi) is 6.56. The van der Waals surface area contributed by atoms with E-state index in [1.54, 1.807) is 54.3 Å². The van der Waals surface area contributed by atoms with E-state index in [2.05, 4.69) is 0 Å². The highest BCUT2D eigenvalue weighted by Crippen LogP contribution is 2.39. The van der Waals surface area contributed by atoms with Crippen molar-refractivity contribution in [1.29, 1.82) is 5.26 Å². The Morgan fingerprint density at radius 3 is 2.56 bits per heavy atom. The Morgan fingerprint density at radius 2 is 1.88 bits per heavy atom. The Hall–Kier alpha value is -3.09. The highest BCUT2D eigenvalue weighted by Gasteiger charge is 2.32. The van der Waals surface area contributed by atoms with Crippen LogP contribution < -0.4 is 14.8 Å². The fourth-order valence-electron chi connectivity index (χ4n) is 3.96. The van der Waals surface area contributed by atoms with Gasteiger partial charge < -0.3 is 9.64 Å². The van der Waals surface area contributed by atoms with Crippen LogP contribution in [0.2, 0.25) is 10.0 Å². The zero-order valence-corrected chi connectivity index (χ0v) is 20.3. The smallest absolute Gasteiger partial charge is 0.238 e. The molecule has 1 amide bonds. The van der Waals surface area contributed by atoms with Crippen LogP contribution in [-0.2, 0) is 14.8 Å². The van der Waals surface area contributed by atoms with Crippen molar-refractivity contribution in [2.75, 3.05) is 11.4 Å². The first-order valence-electron chi connectivity index (χ1n) is 10.2. The molecule has 1 saturated heterocycles. The second-order valence-corrected chi connectivity index (χ2v) is 10.3. The van der Waals surface area contributed by atoms with E-state index in [0.717, 1.165) is 5.56 Å². The number of hydrogen-bond donors (Lipinski definition) is 1. The van der Waals surface area contributed by atoms with Crippen molar-refractivity contribution in [3.05, 3.63) is 81.3 Å². The minimum atomic E-state index is -3.84. The number of benzene rings is 3. The molecule has 3 aromatic carbocycles. The van der Waals surface area contributed by atoms with Crippen LogP contribution in [0.1, 0.15) is 29.0 Å². The number of carbonyl (C=O) groups excluding carboxylic acids is 1. The molecule has 0 saturated carbocycles. The number of ether oxygens (including phenoxy) is 1. The quantitative estimate of drug-likeness (QED) is 0.505.